The van der Waals surface area contributed by atoms with E-state index in [0.29, 0.717) is 12.0 Å². The van der Waals surface area contributed by atoms with E-state index in [0.717, 1.165) is 17.4 Å². The van der Waals surface area contributed by atoms with Crippen molar-refractivity contribution in [1.82, 2.24) is 4.92 Å². The molecule has 0 spiro atoms. The topological polar surface area (TPSA) is 45.1 Å². The Bertz CT molecular complexity index is 602. The summed E-state index contributed by atoms with van der Waals surface area (Å²) in [6.45, 7) is 4.37. The summed E-state index contributed by atoms with van der Waals surface area (Å²) in [5.41, 5.74) is 1.93. The van der Waals surface area contributed by atoms with Gasteiger partial charge in [0.15, 0.2) is 0 Å². The lowest BCUT2D eigenvalue weighted by Crippen LogP contribution is -2.56. The van der Waals surface area contributed by atoms with Gasteiger partial charge in [0.1, 0.15) is 5.75 Å². The van der Waals surface area contributed by atoms with Gasteiger partial charge in [0.25, 0.3) is 0 Å². The normalized spacial score (nSPS) is 29.6. The van der Waals surface area contributed by atoms with Crippen molar-refractivity contribution in [3.8, 4) is 5.75 Å². The lowest BCUT2D eigenvalue weighted by Gasteiger charge is -2.35. The van der Waals surface area contributed by atoms with Gasteiger partial charge in [-0.15, -0.1) is 0 Å². The predicted molar refractivity (Wildman–Crippen MR) is 83.8 cm³/mol. The molecule has 1 aromatic carbocycles. The van der Waals surface area contributed by atoms with Crippen molar-refractivity contribution in [3.63, 3.8) is 0 Å². The van der Waals surface area contributed by atoms with Crippen LogP contribution in [0.15, 0.2) is 23.3 Å². The maximum Gasteiger partial charge on any atom is 0.470 e. The van der Waals surface area contributed by atoms with Crippen LogP contribution in [0, 0.1) is 5.92 Å². The summed E-state index contributed by atoms with van der Waals surface area (Å²) in [6.07, 6.45) is 6.72. The van der Waals surface area contributed by atoms with Crippen molar-refractivity contribution in [2.45, 2.75) is 51.2 Å². The SMILES string of the molecule is CC1(C)CC2CCCC2N2N=Cc3cc(O)ccc3B2O1. The van der Waals surface area contributed by atoms with Crippen molar-refractivity contribution in [2.24, 2.45) is 11.0 Å². The molecule has 4 rings (SSSR count). The largest absolute Gasteiger partial charge is 0.508 e. The molecule has 2 fully saturated rings. The second kappa shape index (κ2) is 4.50. The average Bonchev–Trinajstić information content (AvgIpc) is 2.81. The highest BCUT2D eigenvalue weighted by molar-refractivity contribution is 6.66. The van der Waals surface area contributed by atoms with Gasteiger partial charge in [0, 0.05) is 11.6 Å². The Kier molecular flexibility index (Phi) is 2.83. The predicted octanol–water partition coefficient (Wildman–Crippen LogP) is 2.10. The molecule has 2 atom stereocenters. The molecule has 1 saturated heterocycles. The first kappa shape index (κ1) is 13.2. The first-order chi connectivity index (χ1) is 10.0. The van der Waals surface area contributed by atoms with E-state index in [2.05, 4.69) is 23.9 Å². The number of phenolic OH excluding ortho intramolecular Hbond substituents is 1. The van der Waals surface area contributed by atoms with Gasteiger partial charge < -0.3 is 14.7 Å². The van der Waals surface area contributed by atoms with Gasteiger partial charge in [-0.3, -0.25) is 0 Å². The molecule has 3 aliphatic rings. The highest BCUT2D eigenvalue weighted by Gasteiger charge is 2.48. The molecule has 0 aromatic heterocycles. The number of hydrogen-bond acceptors (Lipinski definition) is 4. The van der Waals surface area contributed by atoms with Gasteiger partial charge in [-0.1, -0.05) is 12.5 Å². The molecule has 2 unspecified atom stereocenters. The molecular weight excluding hydrogens is 263 g/mol. The third-order valence-corrected chi connectivity index (χ3v) is 5.05. The standard InChI is InChI=1S/C16H21BN2O2/c1-16(2)9-11-4-3-5-15(11)19-17(21-16)14-7-6-13(20)8-12(14)10-18-19/h6-8,10-11,15,20H,3-5,9H2,1-2H3. The Morgan fingerprint density at radius 2 is 2.24 bits per heavy atom. The van der Waals surface area contributed by atoms with E-state index in [4.69, 9.17) is 4.65 Å². The van der Waals surface area contributed by atoms with Crippen LogP contribution in [0.1, 0.15) is 45.1 Å². The van der Waals surface area contributed by atoms with E-state index in [1.54, 1.807) is 12.1 Å². The molecular formula is C16H21BN2O2. The van der Waals surface area contributed by atoms with Crippen LogP contribution < -0.4 is 5.46 Å². The zero-order valence-electron chi connectivity index (χ0n) is 12.6. The summed E-state index contributed by atoms with van der Waals surface area (Å²) in [5, 5.41) is 14.4. The highest BCUT2D eigenvalue weighted by Crippen LogP contribution is 2.41. The van der Waals surface area contributed by atoms with E-state index in [-0.39, 0.29) is 18.4 Å². The summed E-state index contributed by atoms with van der Waals surface area (Å²) in [4.78, 5) is 2.17. The first-order valence-electron chi connectivity index (χ1n) is 7.87. The quantitative estimate of drug-likeness (QED) is 0.742. The van der Waals surface area contributed by atoms with Crippen LogP contribution in [0.5, 0.6) is 5.75 Å². The van der Waals surface area contributed by atoms with Crippen LogP contribution in [-0.4, -0.2) is 34.9 Å². The van der Waals surface area contributed by atoms with Crippen LogP contribution in [0.4, 0.5) is 0 Å². The fourth-order valence-corrected chi connectivity index (χ4v) is 4.19. The number of fused-ring (bicyclic) bond motifs is 5. The number of nitrogens with zero attached hydrogens (tertiary/aromatic N) is 2. The van der Waals surface area contributed by atoms with Gasteiger partial charge in [-0.2, -0.15) is 5.10 Å². The monoisotopic (exact) mass is 284 g/mol. The molecule has 4 nitrogen and oxygen atoms in total. The average molecular weight is 284 g/mol. The smallest absolute Gasteiger partial charge is 0.470 e. The Morgan fingerprint density at radius 3 is 3.10 bits per heavy atom. The third kappa shape index (κ3) is 2.15. The van der Waals surface area contributed by atoms with Crippen LogP contribution >= 0.6 is 0 Å². The van der Waals surface area contributed by atoms with Crippen molar-refractivity contribution in [2.75, 3.05) is 0 Å². The minimum absolute atomic E-state index is 0.131. The molecule has 1 saturated carbocycles. The number of hydrogen-bond donors (Lipinski definition) is 1. The number of rotatable bonds is 0. The van der Waals surface area contributed by atoms with Crippen molar-refractivity contribution < 1.29 is 9.76 Å². The molecule has 1 aliphatic carbocycles. The van der Waals surface area contributed by atoms with Gasteiger partial charge in [-0.25, -0.2) is 0 Å². The van der Waals surface area contributed by atoms with Crippen LogP contribution in [0.25, 0.3) is 0 Å². The van der Waals surface area contributed by atoms with Crippen LogP contribution in [0.2, 0.25) is 0 Å². The molecule has 0 radical (unpaired) electrons. The Morgan fingerprint density at radius 1 is 1.38 bits per heavy atom. The molecule has 2 heterocycles. The van der Waals surface area contributed by atoms with E-state index in [1.165, 1.54) is 19.3 Å². The molecule has 2 aliphatic heterocycles. The van der Waals surface area contributed by atoms with E-state index < -0.39 is 0 Å². The summed E-state index contributed by atoms with van der Waals surface area (Å²) >= 11 is 0. The van der Waals surface area contributed by atoms with Crippen molar-refractivity contribution in [1.29, 1.82) is 0 Å². The van der Waals surface area contributed by atoms with E-state index in [1.807, 2.05) is 12.3 Å². The van der Waals surface area contributed by atoms with Gasteiger partial charge in [-0.05, 0) is 62.2 Å². The van der Waals surface area contributed by atoms with Crippen molar-refractivity contribution >= 4 is 18.7 Å². The highest BCUT2D eigenvalue weighted by atomic mass is 16.5. The van der Waals surface area contributed by atoms with Gasteiger partial charge in [0.2, 0.25) is 0 Å². The molecule has 1 N–H and O–H groups in total. The molecule has 21 heavy (non-hydrogen) atoms. The minimum Gasteiger partial charge on any atom is -0.508 e. The lowest BCUT2D eigenvalue weighted by atomic mass is 9.68. The van der Waals surface area contributed by atoms with Crippen molar-refractivity contribution in [3.05, 3.63) is 23.8 Å². The lowest BCUT2D eigenvalue weighted by molar-refractivity contribution is 0.0875. The zero-order valence-corrected chi connectivity index (χ0v) is 12.6. The fourth-order valence-electron chi connectivity index (χ4n) is 4.19. The molecule has 1 aromatic rings. The minimum atomic E-state index is -0.144. The van der Waals surface area contributed by atoms with Gasteiger partial charge in [0.05, 0.1) is 6.21 Å². The number of aromatic hydroxyl groups is 1. The second-order valence-corrected chi connectivity index (χ2v) is 7.13. The van der Waals surface area contributed by atoms with Crippen LogP contribution in [-0.2, 0) is 4.65 Å². The molecule has 0 bridgehead atoms. The third-order valence-electron chi connectivity index (χ3n) is 5.05. The van der Waals surface area contributed by atoms with Crippen LogP contribution in [0.3, 0.4) is 0 Å². The van der Waals surface area contributed by atoms with E-state index >= 15 is 0 Å². The summed E-state index contributed by atoms with van der Waals surface area (Å²) < 4.78 is 6.44. The summed E-state index contributed by atoms with van der Waals surface area (Å²) in [6, 6.07) is 5.96. The Labute approximate surface area is 125 Å². The molecule has 0 amide bonds. The number of phenols is 1. The maximum atomic E-state index is 9.68. The van der Waals surface area contributed by atoms with Gasteiger partial charge >= 0.3 is 7.05 Å². The Balaban J connectivity index is 1.80. The number of hydrazone groups is 1. The summed E-state index contributed by atoms with van der Waals surface area (Å²) in [5.74, 6) is 0.945. The Hall–Kier alpha value is -1.49. The molecule has 5 heteroatoms. The zero-order chi connectivity index (χ0) is 14.6. The number of benzene rings is 1. The fraction of sp³-hybridized carbons (Fsp3) is 0.562. The maximum absolute atomic E-state index is 9.68. The second-order valence-electron chi connectivity index (χ2n) is 7.13. The van der Waals surface area contributed by atoms with E-state index in [9.17, 15) is 5.11 Å². The first-order valence-corrected chi connectivity index (χ1v) is 7.87. The summed E-state index contributed by atoms with van der Waals surface area (Å²) in [7, 11) is -0.131. The molecule has 110 valence electrons.